The highest BCUT2D eigenvalue weighted by Crippen LogP contribution is 2.29. The third kappa shape index (κ3) is 4.31. The Hall–Kier alpha value is -3.22. The molecule has 0 spiro atoms. The first-order valence-electron chi connectivity index (χ1n) is 10.4. The quantitative estimate of drug-likeness (QED) is 0.502. The van der Waals surface area contributed by atoms with Gasteiger partial charge in [0.25, 0.3) is 0 Å². The highest BCUT2D eigenvalue weighted by atomic mass is 19.1. The minimum absolute atomic E-state index is 0.226. The van der Waals surface area contributed by atoms with E-state index in [9.17, 15) is 9.50 Å². The smallest absolute Gasteiger partial charge is 0.170 e. The predicted octanol–water partition coefficient (Wildman–Crippen LogP) is 4.43. The lowest BCUT2D eigenvalue weighted by Gasteiger charge is -2.30. The lowest BCUT2D eigenvalue weighted by atomic mass is 10.00. The third-order valence-corrected chi connectivity index (χ3v) is 5.68. The molecule has 5 nitrogen and oxygen atoms in total. The van der Waals surface area contributed by atoms with Crippen molar-refractivity contribution in [2.24, 2.45) is 0 Å². The number of aliphatic hydroxyl groups excluding tert-OH is 1. The lowest BCUT2D eigenvalue weighted by molar-refractivity contribution is 0.0638. The number of halogens is 1. The molecule has 0 saturated heterocycles. The zero-order chi connectivity index (χ0) is 21.2. The van der Waals surface area contributed by atoms with E-state index >= 15 is 0 Å². The average molecular weight is 418 g/mol. The van der Waals surface area contributed by atoms with Crippen LogP contribution in [-0.4, -0.2) is 41.0 Å². The standard InChI is InChI=1S/C25H23FN2O3/c26-20-7-10-23-24(13-20)31-27-25(23)18-5-8-22(9-6-18)30-16-21(29)15-28-12-11-17-3-1-2-4-19(17)14-28/h1-10,13,21,29H,11-12,14-16H2/t21-/m1/s1. The van der Waals surface area contributed by atoms with Crippen LogP contribution in [-0.2, 0) is 13.0 Å². The first-order chi connectivity index (χ1) is 15.2. The van der Waals surface area contributed by atoms with Gasteiger partial charge >= 0.3 is 0 Å². The molecule has 1 aliphatic heterocycles. The van der Waals surface area contributed by atoms with E-state index in [0.717, 1.165) is 30.5 Å². The Labute approximate surface area is 179 Å². The Morgan fingerprint density at radius 2 is 1.87 bits per heavy atom. The van der Waals surface area contributed by atoms with E-state index < -0.39 is 6.10 Å². The fourth-order valence-corrected chi connectivity index (χ4v) is 4.08. The Kier molecular flexibility index (Phi) is 5.40. The fourth-order valence-electron chi connectivity index (χ4n) is 4.08. The molecule has 2 heterocycles. The van der Waals surface area contributed by atoms with Gasteiger partial charge in [0, 0.05) is 36.7 Å². The molecular formula is C25H23FN2O3. The predicted molar refractivity (Wildman–Crippen MR) is 116 cm³/mol. The summed E-state index contributed by atoms with van der Waals surface area (Å²) in [7, 11) is 0. The molecule has 0 saturated carbocycles. The van der Waals surface area contributed by atoms with Gasteiger partial charge in [0.2, 0.25) is 0 Å². The Morgan fingerprint density at radius 3 is 2.71 bits per heavy atom. The molecule has 6 heteroatoms. The van der Waals surface area contributed by atoms with Crippen LogP contribution in [0.3, 0.4) is 0 Å². The second kappa shape index (κ2) is 8.49. The van der Waals surface area contributed by atoms with Crippen molar-refractivity contribution >= 4 is 11.0 Å². The summed E-state index contributed by atoms with van der Waals surface area (Å²) in [5, 5.41) is 15.3. The number of aromatic nitrogens is 1. The number of rotatable bonds is 6. The van der Waals surface area contributed by atoms with Gasteiger partial charge in [-0.25, -0.2) is 4.39 Å². The van der Waals surface area contributed by atoms with E-state index in [2.05, 4.69) is 34.3 Å². The molecule has 0 bridgehead atoms. The molecule has 1 N–H and O–H groups in total. The molecule has 0 amide bonds. The van der Waals surface area contributed by atoms with E-state index in [-0.39, 0.29) is 12.4 Å². The Bertz CT molecular complexity index is 1190. The topological polar surface area (TPSA) is 58.7 Å². The van der Waals surface area contributed by atoms with Crippen LogP contribution in [0, 0.1) is 5.82 Å². The molecule has 31 heavy (non-hydrogen) atoms. The van der Waals surface area contributed by atoms with Crippen LogP contribution in [0.2, 0.25) is 0 Å². The summed E-state index contributed by atoms with van der Waals surface area (Å²) in [4.78, 5) is 2.26. The van der Waals surface area contributed by atoms with E-state index in [1.165, 1.54) is 23.3 Å². The molecule has 1 aromatic heterocycles. The fraction of sp³-hybridized carbons (Fsp3) is 0.240. The Balaban J connectivity index is 1.17. The minimum Gasteiger partial charge on any atom is -0.491 e. The van der Waals surface area contributed by atoms with Crippen molar-refractivity contribution in [3.8, 4) is 17.0 Å². The first kappa shape index (κ1) is 19.7. The maximum atomic E-state index is 13.3. The molecule has 1 aliphatic rings. The number of β-amino-alcohol motifs (C(OH)–C–C–N with tert-alkyl or cyclic N) is 1. The molecule has 0 unspecified atom stereocenters. The van der Waals surface area contributed by atoms with Crippen LogP contribution < -0.4 is 4.74 Å². The number of nitrogens with zero attached hydrogens (tertiary/aromatic N) is 2. The van der Waals surface area contributed by atoms with Crippen LogP contribution in [0.25, 0.3) is 22.2 Å². The summed E-state index contributed by atoms with van der Waals surface area (Å²) < 4.78 is 24.4. The summed E-state index contributed by atoms with van der Waals surface area (Å²) in [6.07, 6.45) is 0.438. The van der Waals surface area contributed by atoms with Gasteiger partial charge in [0.15, 0.2) is 5.58 Å². The highest BCUT2D eigenvalue weighted by molar-refractivity contribution is 5.91. The molecule has 158 valence electrons. The number of benzene rings is 3. The van der Waals surface area contributed by atoms with Crippen molar-refractivity contribution in [1.29, 1.82) is 0 Å². The van der Waals surface area contributed by atoms with Gasteiger partial charge in [-0.15, -0.1) is 0 Å². The van der Waals surface area contributed by atoms with Gasteiger partial charge in [-0.05, 0) is 53.9 Å². The molecule has 0 fully saturated rings. The number of ether oxygens (including phenoxy) is 1. The summed E-state index contributed by atoms with van der Waals surface area (Å²) in [5.41, 5.74) is 4.66. The van der Waals surface area contributed by atoms with E-state index in [1.807, 2.05) is 24.3 Å². The van der Waals surface area contributed by atoms with Gasteiger partial charge in [-0.3, -0.25) is 4.90 Å². The van der Waals surface area contributed by atoms with Gasteiger partial charge in [0.1, 0.15) is 30.0 Å². The zero-order valence-corrected chi connectivity index (χ0v) is 17.0. The van der Waals surface area contributed by atoms with Gasteiger partial charge in [-0.1, -0.05) is 29.4 Å². The van der Waals surface area contributed by atoms with Crippen molar-refractivity contribution in [2.45, 2.75) is 19.1 Å². The van der Waals surface area contributed by atoms with Crippen LogP contribution in [0.1, 0.15) is 11.1 Å². The van der Waals surface area contributed by atoms with E-state index in [0.29, 0.717) is 23.6 Å². The maximum Gasteiger partial charge on any atom is 0.170 e. The van der Waals surface area contributed by atoms with Crippen molar-refractivity contribution in [3.05, 3.63) is 83.7 Å². The number of hydrogen-bond donors (Lipinski definition) is 1. The molecule has 1 atom stereocenters. The highest BCUT2D eigenvalue weighted by Gasteiger charge is 2.19. The van der Waals surface area contributed by atoms with Crippen LogP contribution in [0.15, 0.2) is 71.3 Å². The van der Waals surface area contributed by atoms with E-state index in [4.69, 9.17) is 9.26 Å². The molecule has 4 aromatic rings. The third-order valence-electron chi connectivity index (χ3n) is 5.68. The maximum absolute atomic E-state index is 13.3. The van der Waals surface area contributed by atoms with E-state index in [1.54, 1.807) is 6.07 Å². The monoisotopic (exact) mass is 418 g/mol. The van der Waals surface area contributed by atoms with Crippen molar-refractivity contribution in [2.75, 3.05) is 19.7 Å². The molecule has 3 aromatic carbocycles. The van der Waals surface area contributed by atoms with Gasteiger partial charge in [-0.2, -0.15) is 0 Å². The van der Waals surface area contributed by atoms with Crippen LogP contribution in [0.4, 0.5) is 4.39 Å². The largest absolute Gasteiger partial charge is 0.491 e. The first-order valence-corrected chi connectivity index (χ1v) is 10.4. The molecule has 0 aliphatic carbocycles. The van der Waals surface area contributed by atoms with Crippen LogP contribution >= 0.6 is 0 Å². The summed E-state index contributed by atoms with van der Waals surface area (Å²) in [6, 6.07) is 20.3. The SMILES string of the molecule is O[C@@H](COc1ccc(-c2noc3cc(F)ccc23)cc1)CN1CCc2ccccc2C1. The summed E-state index contributed by atoms with van der Waals surface area (Å²) in [5.74, 6) is 0.317. The number of hydrogen-bond acceptors (Lipinski definition) is 5. The lowest BCUT2D eigenvalue weighted by Crippen LogP contribution is -2.38. The van der Waals surface area contributed by atoms with Crippen molar-refractivity contribution < 1.29 is 18.8 Å². The number of fused-ring (bicyclic) bond motifs is 2. The normalized spacial score (nSPS) is 15.0. The summed E-state index contributed by atoms with van der Waals surface area (Å²) >= 11 is 0. The van der Waals surface area contributed by atoms with Gasteiger partial charge in [0.05, 0.1) is 0 Å². The molecule has 5 rings (SSSR count). The second-order valence-corrected chi connectivity index (χ2v) is 7.91. The second-order valence-electron chi connectivity index (χ2n) is 7.91. The van der Waals surface area contributed by atoms with Crippen LogP contribution in [0.5, 0.6) is 5.75 Å². The average Bonchev–Trinajstić information content (AvgIpc) is 3.21. The summed E-state index contributed by atoms with van der Waals surface area (Å²) in [6.45, 7) is 2.60. The zero-order valence-electron chi connectivity index (χ0n) is 17.0. The molecule has 0 radical (unpaired) electrons. The number of aliphatic hydroxyl groups is 1. The van der Waals surface area contributed by atoms with Crippen molar-refractivity contribution in [3.63, 3.8) is 0 Å². The molecular weight excluding hydrogens is 395 g/mol. The van der Waals surface area contributed by atoms with Crippen molar-refractivity contribution in [1.82, 2.24) is 10.1 Å². The van der Waals surface area contributed by atoms with Gasteiger partial charge < -0.3 is 14.4 Å². The Morgan fingerprint density at radius 1 is 1.06 bits per heavy atom. The minimum atomic E-state index is -0.570.